The highest BCUT2D eigenvalue weighted by Gasteiger charge is 2.07. The maximum Gasteiger partial charge on any atom is 0.287 e. The Morgan fingerprint density at radius 2 is 2.10 bits per heavy atom. The van der Waals surface area contributed by atoms with Crippen molar-refractivity contribution in [2.45, 2.75) is 19.9 Å². The lowest BCUT2D eigenvalue weighted by Gasteiger charge is -2.10. The topological polar surface area (TPSA) is 56.1 Å². The summed E-state index contributed by atoms with van der Waals surface area (Å²) >= 11 is 6.02. The molecule has 0 saturated carbocycles. The van der Waals surface area contributed by atoms with Crippen molar-refractivity contribution in [3.63, 3.8) is 0 Å². The van der Waals surface area contributed by atoms with E-state index < -0.39 is 0 Å². The first kappa shape index (κ1) is 15.4. The first-order chi connectivity index (χ1) is 10.2. The summed E-state index contributed by atoms with van der Waals surface area (Å²) in [5.74, 6) is 0.850. The van der Waals surface area contributed by atoms with Gasteiger partial charge in [-0.15, -0.1) is 0 Å². The van der Waals surface area contributed by atoms with Crippen LogP contribution >= 0.6 is 11.6 Å². The molecule has 2 rings (SSSR count). The highest BCUT2D eigenvalue weighted by molar-refractivity contribution is 6.32. The molecule has 0 amide bonds. The lowest BCUT2D eigenvalue weighted by Crippen LogP contribution is -2.23. The third-order valence-corrected chi connectivity index (χ3v) is 3.30. The Hall–Kier alpha value is -2.01. The Morgan fingerprint density at radius 1 is 1.33 bits per heavy atom. The van der Waals surface area contributed by atoms with Crippen molar-refractivity contribution in [2.24, 2.45) is 0 Å². The van der Waals surface area contributed by atoms with Crippen molar-refractivity contribution in [1.29, 1.82) is 0 Å². The second kappa shape index (κ2) is 7.69. The molecule has 0 bridgehead atoms. The summed E-state index contributed by atoms with van der Waals surface area (Å²) in [6.07, 6.45) is 2.37. The highest BCUT2D eigenvalue weighted by atomic mass is 35.5. The van der Waals surface area contributed by atoms with Crippen molar-refractivity contribution in [3.8, 4) is 5.75 Å². The summed E-state index contributed by atoms with van der Waals surface area (Å²) in [6.45, 7) is 3.60. The molecule has 0 radical (unpaired) electrons. The van der Waals surface area contributed by atoms with Crippen molar-refractivity contribution >= 4 is 17.3 Å². The third kappa shape index (κ3) is 4.23. The number of para-hydroxylation sites is 1. The maximum atomic E-state index is 11.8. The number of aryl methyl sites for hydroxylation is 1. The number of anilines is 1. The minimum absolute atomic E-state index is 0.177. The molecular formula is C15H18ClN3O2. The van der Waals surface area contributed by atoms with Crippen molar-refractivity contribution in [1.82, 2.24) is 9.78 Å². The molecule has 1 heterocycles. The molecule has 6 heteroatoms. The second-order valence-corrected chi connectivity index (χ2v) is 4.81. The lowest BCUT2D eigenvalue weighted by atomic mass is 10.3. The minimum atomic E-state index is -0.273. The molecule has 0 unspecified atom stereocenters. The van der Waals surface area contributed by atoms with Gasteiger partial charge in [0.1, 0.15) is 10.8 Å². The average molecular weight is 308 g/mol. The smallest absolute Gasteiger partial charge is 0.287 e. The van der Waals surface area contributed by atoms with Crippen LogP contribution in [0.2, 0.25) is 5.02 Å². The standard InChI is InChI=1S/C15H18ClN3O2/c1-2-19-15(20)14(16)13(11-18-19)17-9-6-10-21-12-7-4-3-5-8-12/h3-5,7-8,11,17H,2,6,9-10H2,1H3. The van der Waals surface area contributed by atoms with Gasteiger partial charge in [0.2, 0.25) is 0 Å². The predicted molar refractivity (Wildman–Crippen MR) is 84.2 cm³/mol. The number of nitrogens with one attached hydrogen (secondary N) is 1. The molecule has 0 fully saturated rings. The van der Waals surface area contributed by atoms with Crippen LogP contribution in [0, 0.1) is 0 Å². The monoisotopic (exact) mass is 307 g/mol. The highest BCUT2D eigenvalue weighted by Crippen LogP contribution is 2.15. The van der Waals surface area contributed by atoms with Crippen LogP contribution in [-0.2, 0) is 6.54 Å². The zero-order valence-corrected chi connectivity index (χ0v) is 12.6. The van der Waals surface area contributed by atoms with Gasteiger partial charge in [-0.05, 0) is 25.5 Å². The van der Waals surface area contributed by atoms with Crippen molar-refractivity contribution < 1.29 is 4.74 Å². The molecular weight excluding hydrogens is 290 g/mol. The van der Waals surface area contributed by atoms with E-state index in [0.29, 0.717) is 25.4 Å². The van der Waals surface area contributed by atoms with Crippen LogP contribution in [0.15, 0.2) is 41.3 Å². The minimum Gasteiger partial charge on any atom is -0.494 e. The van der Waals surface area contributed by atoms with Crippen LogP contribution in [-0.4, -0.2) is 22.9 Å². The molecule has 2 aromatic rings. The molecule has 1 N–H and O–H groups in total. The zero-order valence-electron chi connectivity index (χ0n) is 11.9. The molecule has 0 aliphatic heterocycles. The van der Waals surface area contributed by atoms with Gasteiger partial charge in [-0.1, -0.05) is 29.8 Å². The lowest BCUT2D eigenvalue weighted by molar-refractivity contribution is 0.315. The average Bonchev–Trinajstić information content (AvgIpc) is 2.52. The van der Waals surface area contributed by atoms with Crippen molar-refractivity contribution in [2.75, 3.05) is 18.5 Å². The number of benzene rings is 1. The van der Waals surface area contributed by atoms with E-state index in [1.807, 2.05) is 37.3 Å². The van der Waals surface area contributed by atoms with Gasteiger partial charge in [0.05, 0.1) is 18.5 Å². The summed E-state index contributed by atoms with van der Waals surface area (Å²) in [4.78, 5) is 11.8. The molecule has 0 spiro atoms. The van der Waals surface area contributed by atoms with E-state index in [1.54, 1.807) is 6.20 Å². The van der Waals surface area contributed by atoms with Gasteiger partial charge in [0.15, 0.2) is 0 Å². The number of rotatable bonds is 7. The van der Waals surface area contributed by atoms with E-state index in [0.717, 1.165) is 12.2 Å². The normalized spacial score (nSPS) is 10.4. The van der Waals surface area contributed by atoms with Crippen LogP contribution in [0.5, 0.6) is 5.75 Å². The van der Waals surface area contributed by atoms with E-state index in [4.69, 9.17) is 16.3 Å². The first-order valence-electron chi connectivity index (χ1n) is 6.89. The molecule has 112 valence electrons. The van der Waals surface area contributed by atoms with Crippen LogP contribution in [0.1, 0.15) is 13.3 Å². The van der Waals surface area contributed by atoms with Gasteiger partial charge in [0.25, 0.3) is 5.56 Å². The molecule has 0 aliphatic rings. The fraction of sp³-hybridized carbons (Fsp3) is 0.333. The molecule has 0 aliphatic carbocycles. The van der Waals surface area contributed by atoms with E-state index >= 15 is 0 Å². The number of hydrogen-bond donors (Lipinski definition) is 1. The molecule has 5 nitrogen and oxygen atoms in total. The largest absolute Gasteiger partial charge is 0.494 e. The zero-order chi connectivity index (χ0) is 15.1. The summed E-state index contributed by atoms with van der Waals surface area (Å²) in [6, 6.07) is 9.64. The van der Waals surface area contributed by atoms with Crippen LogP contribution in [0.4, 0.5) is 5.69 Å². The Morgan fingerprint density at radius 3 is 2.81 bits per heavy atom. The van der Waals surface area contributed by atoms with Crippen LogP contribution in [0.3, 0.4) is 0 Å². The Labute approximate surface area is 128 Å². The third-order valence-electron chi connectivity index (χ3n) is 2.93. The maximum absolute atomic E-state index is 11.8. The van der Waals surface area contributed by atoms with E-state index in [1.165, 1.54) is 4.68 Å². The van der Waals surface area contributed by atoms with E-state index in [2.05, 4.69) is 10.4 Å². The van der Waals surface area contributed by atoms with Gasteiger partial charge >= 0.3 is 0 Å². The summed E-state index contributed by atoms with van der Waals surface area (Å²) < 4.78 is 6.91. The van der Waals surface area contributed by atoms with Crippen LogP contribution < -0.4 is 15.6 Å². The molecule has 1 aromatic heterocycles. The Bertz CT molecular complexity index is 629. The van der Waals surface area contributed by atoms with Gasteiger partial charge in [-0.3, -0.25) is 4.79 Å². The van der Waals surface area contributed by atoms with Gasteiger partial charge in [-0.25, -0.2) is 4.68 Å². The molecule has 21 heavy (non-hydrogen) atoms. The number of halogens is 1. The quantitative estimate of drug-likeness (QED) is 0.799. The van der Waals surface area contributed by atoms with Gasteiger partial charge < -0.3 is 10.1 Å². The molecule has 0 atom stereocenters. The van der Waals surface area contributed by atoms with E-state index in [9.17, 15) is 4.79 Å². The number of aromatic nitrogens is 2. The molecule has 1 aromatic carbocycles. The van der Waals surface area contributed by atoms with Crippen molar-refractivity contribution in [3.05, 3.63) is 51.9 Å². The van der Waals surface area contributed by atoms with Gasteiger partial charge in [-0.2, -0.15) is 5.10 Å². The summed E-state index contributed by atoms with van der Waals surface area (Å²) in [5, 5.41) is 7.31. The summed E-state index contributed by atoms with van der Waals surface area (Å²) in [5.41, 5.74) is 0.288. The fourth-order valence-corrected chi connectivity index (χ4v) is 2.03. The first-order valence-corrected chi connectivity index (χ1v) is 7.27. The fourth-order valence-electron chi connectivity index (χ4n) is 1.82. The predicted octanol–water partition coefficient (Wildman–Crippen LogP) is 2.80. The number of hydrogen-bond acceptors (Lipinski definition) is 4. The van der Waals surface area contributed by atoms with Gasteiger partial charge in [0, 0.05) is 13.1 Å². The Kier molecular flexibility index (Phi) is 5.63. The number of ether oxygens (including phenoxy) is 1. The molecule has 0 saturated heterocycles. The number of nitrogens with zero attached hydrogens (tertiary/aromatic N) is 2. The van der Waals surface area contributed by atoms with Crippen LogP contribution in [0.25, 0.3) is 0 Å². The Balaban J connectivity index is 1.79. The SMILES string of the molecule is CCn1ncc(NCCCOc2ccccc2)c(Cl)c1=O. The summed E-state index contributed by atoms with van der Waals surface area (Å²) in [7, 11) is 0. The van der Waals surface area contributed by atoms with E-state index in [-0.39, 0.29) is 10.6 Å². The second-order valence-electron chi connectivity index (χ2n) is 4.43.